The van der Waals surface area contributed by atoms with Crippen molar-refractivity contribution in [1.82, 2.24) is 0 Å². The first-order valence-electron chi connectivity index (χ1n) is 1.29. The van der Waals surface area contributed by atoms with Gasteiger partial charge >= 0.3 is 0 Å². The Morgan fingerprint density at radius 1 is 1.71 bits per heavy atom. The molecule has 0 rings (SSSR count). The standard InChI is InChI=1S/C2HCl2NO2/c3-2(4)1-5(6)7/h1H. The molecule has 0 aromatic heterocycles. The van der Waals surface area contributed by atoms with Crippen molar-refractivity contribution in [2.24, 2.45) is 0 Å². The summed E-state index contributed by atoms with van der Waals surface area (Å²) in [7, 11) is 0. The molecule has 0 amide bonds. The van der Waals surface area contributed by atoms with Crippen molar-refractivity contribution in [3.05, 3.63) is 20.8 Å². The van der Waals surface area contributed by atoms with Gasteiger partial charge in [-0.2, -0.15) is 0 Å². The molecule has 40 valence electrons. The number of hydrogen-bond donors (Lipinski definition) is 0. The van der Waals surface area contributed by atoms with E-state index in [-0.39, 0.29) is 4.49 Å². The molecule has 0 heterocycles. The zero-order valence-corrected chi connectivity index (χ0v) is 4.61. The molecule has 0 aromatic carbocycles. The summed E-state index contributed by atoms with van der Waals surface area (Å²) < 4.78 is -0.343. The van der Waals surface area contributed by atoms with Crippen LogP contribution in [-0.4, -0.2) is 4.92 Å². The molecule has 0 aliphatic carbocycles. The van der Waals surface area contributed by atoms with E-state index in [2.05, 4.69) is 0 Å². The van der Waals surface area contributed by atoms with Crippen molar-refractivity contribution in [2.75, 3.05) is 0 Å². The fourth-order valence-electron chi connectivity index (χ4n) is 0.0797. The number of hydrogen-bond acceptors (Lipinski definition) is 2. The van der Waals surface area contributed by atoms with Crippen molar-refractivity contribution >= 4 is 23.2 Å². The molecule has 0 saturated carbocycles. The number of nitrogens with zero attached hydrogens (tertiary/aromatic N) is 1. The summed E-state index contributed by atoms with van der Waals surface area (Å²) >= 11 is 9.72. The van der Waals surface area contributed by atoms with Gasteiger partial charge in [-0.05, 0) is 0 Å². The molecule has 0 radical (unpaired) electrons. The molecule has 0 spiro atoms. The molecule has 3 nitrogen and oxygen atoms in total. The van der Waals surface area contributed by atoms with Crippen LogP contribution in [0, 0.1) is 10.1 Å². The second kappa shape index (κ2) is 2.82. The van der Waals surface area contributed by atoms with Crippen molar-refractivity contribution in [2.45, 2.75) is 0 Å². The van der Waals surface area contributed by atoms with Gasteiger partial charge in [0.25, 0.3) is 6.20 Å². The summed E-state index contributed by atoms with van der Waals surface area (Å²) in [6, 6.07) is 0. The van der Waals surface area contributed by atoms with Crippen molar-refractivity contribution in [3.8, 4) is 0 Å². The Hall–Kier alpha value is -0.280. The number of rotatable bonds is 1. The largest absolute Gasteiger partial charge is 0.264 e. The van der Waals surface area contributed by atoms with E-state index in [0.717, 1.165) is 0 Å². The quantitative estimate of drug-likeness (QED) is 0.411. The van der Waals surface area contributed by atoms with E-state index in [1.165, 1.54) is 0 Å². The van der Waals surface area contributed by atoms with Crippen LogP contribution in [0.5, 0.6) is 0 Å². The van der Waals surface area contributed by atoms with Gasteiger partial charge in [0.2, 0.25) is 0 Å². The highest BCUT2D eigenvalue weighted by atomic mass is 35.5. The Morgan fingerprint density at radius 3 is 2.14 bits per heavy atom. The zero-order chi connectivity index (χ0) is 5.86. The van der Waals surface area contributed by atoms with Crippen LogP contribution in [0.3, 0.4) is 0 Å². The maximum Gasteiger partial charge on any atom is 0.264 e. The molecular weight excluding hydrogens is 141 g/mol. The second-order valence-corrected chi connectivity index (χ2v) is 1.71. The summed E-state index contributed by atoms with van der Waals surface area (Å²) in [6.07, 6.45) is 0.503. The Bertz CT molecular complexity index is 106. The minimum atomic E-state index is -0.727. The number of nitro groups is 1. The Labute approximate surface area is 49.7 Å². The fourth-order valence-corrected chi connectivity index (χ4v) is 0.239. The van der Waals surface area contributed by atoms with Crippen molar-refractivity contribution in [3.63, 3.8) is 0 Å². The van der Waals surface area contributed by atoms with Crippen LogP contribution in [0.15, 0.2) is 10.7 Å². The lowest BCUT2D eigenvalue weighted by Crippen LogP contribution is -1.81. The van der Waals surface area contributed by atoms with Crippen LogP contribution in [0.4, 0.5) is 0 Å². The monoisotopic (exact) mass is 141 g/mol. The van der Waals surface area contributed by atoms with Gasteiger partial charge in [0.15, 0.2) is 4.49 Å². The van der Waals surface area contributed by atoms with E-state index >= 15 is 0 Å². The van der Waals surface area contributed by atoms with Crippen LogP contribution in [0.2, 0.25) is 0 Å². The summed E-state index contributed by atoms with van der Waals surface area (Å²) in [5.74, 6) is 0. The van der Waals surface area contributed by atoms with Gasteiger partial charge in [0, 0.05) is 0 Å². The third kappa shape index (κ3) is 5.72. The smallest absolute Gasteiger partial charge is 0.259 e. The zero-order valence-electron chi connectivity index (χ0n) is 3.10. The van der Waals surface area contributed by atoms with Gasteiger partial charge < -0.3 is 0 Å². The SMILES string of the molecule is O=[N+]([O-])C=C(Cl)Cl. The predicted molar refractivity (Wildman–Crippen MR) is 26.8 cm³/mol. The van der Waals surface area contributed by atoms with Crippen LogP contribution in [0.25, 0.3) is 0 Å². The topological polar surface area (TPSA) is 43.1 Å². The maximum absolute atomic E-state index is 9.37. The lowest BCUT2D eigenvalue weighted by atomic mass is 11.1. The molecule has 0 aliphatic rings. The summed E-state index contributed by atoms with van der Waals surface area (Å²) in [4.78, 5) is 8.64. The molecule has 0 saturated heterocycles. The Balaban J connectivity index is 3.68. The lowest BCUT2D eigenvalue weighted by molar-refractivity contribution is -0.402. The fraction of sp³-hybridized carbons (Fsp3) is 0. The normalized spacial score (nSPS) is 7.71. The van der Waals surface area contributed by atoms with Crippen LogP contribution >= 0.6 is 23.2 Å². The molecule has 5 heteroatoms. The van der Waals surface area contributed by atoms with Crippen LogP contribution in [-0.2, 0) is 0 Å². The molecular formula is C2HCl2NO2. The lowest BCUT2D eigenvalue weighted by Gasteiger charge is -1.73. The van der Waals surface area contributed by atoms with E-state index in [1.54, 1.807) is 0 Å². The van der Waals surface area contributed by atoms with Gasteiger partial charge in [-0.3, -0.25) is 10.1 Å². The highest BCUT2D eigenvalue weighted by Gasteiger charge is 1.89. The minimum Gasteiger partial charge on any atom is -0.259 e. The molecule has 7 heavy (non-hydrogen) atoms. The van der Waals surface area contributed by atoms with E-state index < -0.39 is 4.92 Å². The summed E-state index contributed by atoms with van der Waals surface area (Å²) in [5, 5.41) is 9.37. The van der Waals surface area contributed by atoms with Crippen molar-refractivity contribution < 1.29 is 4.92 Å². The Kier molecular flexibility index (Phi) is 2.71. The summed E-state index contributed by atoms with van der Waals surface area (Å²) in [5.41, 5.74) is 0. The van der Waals surface area contributed by atoms with Gasteiger partial charge in [-0.15, -0.1) is 0 Å². The first kappa shape index (κ1) is 6.72. The van der Waals surface area contributed by atoms with Gasteiger partial charge in [-0.1, -0.05) is 23.2 Å². The van der Waals surface area contributed by atoms with E-state index in [9.17, 15) is 10.1 Å². The van der Waals surface area contributed by atoms with Gasteiger partial charge in [-0.25, -0.2) is 0 Å². The van der Waals surface area contributed by atoms with Crippen LogP contribution in [0.1, 0.15) is 0 Å². The van der Waals surface area contributed by atoms with E-state index in [4.69, 9.17) is 23.2 Å². The first-order valence-corrected chi connectivity index (χ1v) is 2.05. The molecule has 0 atom stereocenters. The van der Waals surface area contributed by atoms with Crippen molar-refractivity contribution in [1.29, 1.82) is 0 Å². The number of halogens is 2. The van der Waals surface area contributed by atoms with E-state index in [0.29, 0.717) is 6.20 Å². The summed E-state index contributed by atoms with van der Waals surface area (Å²) in [6.45, 7) is 0. The molecule has 0 fully saturated rings. The Morgan fingerprint density at radius 2 is 2.14 bits per heavy atom. The molecule has 0 aromatic rings. The van der Waals surface area contributed by atoms with E-state index in [1.807, 2.05) is 0 Å². The average molecular weight is 142 g/mol. The predicted octanol–water partition coefficient (Wildman–Crippen LogP) is 1.54. The molecule has 0 N–H and O–H groups in total. The third-order valence-corrected chi connectivity index (χ3v) is 0.398. The average Bonchev–Trinajstić information content (AvgIpc) is 1.27. The van der Waals surface area contributed by atoms with Gasteiger partial charge in [0.1, 0.15) is 0 Å². The molecule has 0 aliphatic heterocycles. The second-order valence-electron chi connectivity index (χ2n) is 0.704. The first-order chi connectivity index (χ1) is 3.13. The highest BCUT2D eigenvalue weighted by molar-refractivity contribution is 6.55. The molecule has 0 bridgehead atoms. The maximum atomic E-state index is 9.37. The third-order valence-electron chi connectivity index (χ3n) is 0.203. The van der Waals surface area contributed by atoms with Gasteiger partial charge in [0.05, 0.1) is 4.92 Å². The highest BCUT2D eigenvalue weighted by Crippen LogP contribution is 2.04. The van der Waals surface area contributed by atoms with Crippen LogP contribution < -0.4 is 0 Å². The minimum absolute atomic E-state index is 0.343. The molecule has 0 unspecified atom stereocenters.